The number of hydrogen-bond donors (Lipinski definition) is 0. The molecule has 1 aliphatic rings. The number of fused-ring (bicyclic) bond motifs is 1. The summed E-state index contributed by atoms with van der Waals surface area (Å²) < 4.78 is 8.42. The van der Waals surface area contributed by atoms with Gasteiger partial charge in [0.25, 0.3) is 0 Å². The van der Waals surface area contributed by atoms with Gasteiger partial charge in [0.1, 0.15) is 5.60 Å². The molecule has 0 saturated carbocycles. The second-order valence-corrected chi connectivity index (χ2v) is 7.91. The molecule has 3 nitrogen and oxygen atoms in total. The van der Waals surface area contributed by atoms with Crippen LogP contribution in [0.5, 0.6) is 5.88 Å². The van der Waals surface area contributed by atoms with Crippen LogP contribution in [0.25, 0.3) is 5.69 Å². The molecular formula is C23H23ClN2O. The lowest BCUT2D eigenvalue weighted by molar-refractivity contribution is 0.0856. The molecule has 2 aromatic carbocycles. The molecule has 2 heterocycles. The van der Waals surface area contributed by atoms with Crippen molar-refractivity contribution in [3.63, 3.8) is 0 Å². The van der Waals surface area contributed by atoms with Gasteiger partial charge >= 0.3 is 0 Å². The van der Waals surface area contributed by atoms with Gasteiger partial charge in [-0.3, -0.25) is 0 Å². The average molecular weight is 379 g/mol. The highest BCUT2D eigenvalue weighted by atomic mass is 35.5. The molecule has 3 aromatic rings. The van der Waals surface area contributed by atoms with Gasteiger partial charge in [-0.05, 0) is 56.2 Å². The van der Waals surface area contributed by atoms with E-state index in [1.54, 1.807) is 0 Å². The van der Waals surface area contributed by atoms with E-state index >= 15 is 0 Å². The Morgan fingerprint density at radius 2 is 1.85 bits per heavy atom. The lowest BCUT2D eigenvalue weighted by Crippen LogP contribution is -2.39. The number of halogens is 1. The summed E-state index contributed by atoms with van der Waals surface area (Å²) in [5, 5.41) is 5.51. The first-order valence-corrected chi connectivity index (χ1v) is 9.52. The number of benzene rings is 2. The van der Waals surface area contributed by atoms with Crippen LogP contribution < -0.4 is 4.74 Å². The maximum atomic E-state index is 6.54. The van der Waals surface area contributed by atoms with Crippen molar-refractivity contribution in [2.45, 2.75) is 38.7 Å². The zero-order chi connectivity index (χ0) is 19.2. The Morgan fingerprint density at radius 1 is 1.19 bits per heavy atom. The van der Waals surface area contributed by atoms with Gasteiger partial charge in [0.2, 0.25) is 5.88 Å². The van der Waals surface area contributed by atoms with Crippen molar-refractivity contribution < 1.29 is 4.74 Å². The van der Waals surface area contributed by atoms with E-state index < -0.39 is 5.60 Å². The third-order valence-corrected chi connectivity index (χ3v) is 5.75. The summed E-state index contributed by atoms with van der Waals surface area (Å²) in [5.74, 6) is 0.998. The second-order valence-electron chi connectivity index (χ2n) is 7.47. The molecule has 4 heteroatoms. The summed E-state index contributed by atoms with van der Waals surface area (Å²) in [5.41, 5.74) is 4.89. The molecule has 0 amide bonds. The molecule has 1 aromatic heterocycles. The highest BCUT2D eigenvalue weighted by Gasteiger charge is 2.42. The maximum absolute atomic E-state index is 6.54. The van der Waals surface area contributed by atoms with E-state index in [0.29, 0.717) is 5.02 Å². The fraction of sp³-hybridized carbons (Fsp3) is 0.261. The van der Waals surface area contributed by atoms with Crippen LogP contribution in [-0.2, 0) is 0 Å². The highest BCUT2D eigenvalue weighted by molar-refractivity contribution is 6.30. The maximum Gasteiger partial charge on any atom is 0.221 e. The molecule has 0 spiro atoms. The number of aryl methyl sites for hydroxylation is 1. The van der Waals surface area contributed by atoms with Gasteiger partial charge in [0.05, 0.1) is 11.4 Å². The number of hydrogen-bond acceptors (Lipinski definition) is 2. The molecule has 0 radical (unpaired) electrons. The van der Waals surface area contributed by atoms with Gasteiger partial charge < -0.3 is 4.74 Å². The molecule has 0 N–H and O–H groups in total. The molecule has 138 valence electrons. The molecule has 27 heavy (non-hydrogen) atoms. The fourth-order valence-corrected chi connectivity index (χ4v) is 3.88. The van der Waals surface area contributed by atoms with E-state index in [1.807, 2.05) is 48.9 Å². The summed E-state index contributed by atoms with van der Waals surface area (Å²) in [6.07, 6.45) is 0.840. The van der Waals surface area contributed by atoms with Crippen molar-refractivity contribution in [3.8, 4) is 11.6 Å². The minimum atomic E-state index is -0.454. The van der Waals surface area contributed by atoms with Gasteiger partial charge in [-0.1, -0.05) is 48.5 Å². The fourth-order valence-electron chi connectivity index (χ4n) is 3.75. The third kappa shape index (κ3) is 3.06. The van der Waals surface area contributed by atoms with E-state index in [9.17, 15) is 0 Å². The van der Waals surface area contributed by atoms with Gasteiger partial charge in [0, 0.05) is 22.9 Å². The number of nitrogens with zero attached hydrogens (tertiary/aromatic N) is 2. The number of rotatable bonds is 3. The summed E-state index contributed by atoms with van der Waals surface area (Å²) in [6.45, 7) is 10.4. The van der Waals surface area contributed by atoms with E-state index in [0.717, 1.165) is 34.8 Å². The van der Waals surface area contributed by atoms with E-state index in [4.69, 9.17) is 21.4 Å². The Morgan fingerprint density at radius 3 is 2.48 bits per heavy atom. The summed E-state index contributed by atoms with van der Waals surface area (Å²) >= 11 is 6.07. The van der Waals surface area contributed by atoms with Gasteiger partial charge in [0.15, 0.2) is 0 Å². The van der Waals surface area contributed by atoms with Crippen molar-refractivity contribution in [3.05, 3.63) is 88.6 Å². The Kier molecular flexibility index (Phi) is 4.35. The number of ether oxygens (including phenoxy) is 1. The van der Waals surface area contributed by atoms with Crippen LogP contribution in [0.15, 0.2) is 66.7 Å². The quantitative estimate of drug-likeness (QED) is 0.516. The first kappa shape index (κ1) is 17.9. The smallest absolute Gasteiger partial charge is 0.221 e. The first-order chi connectivity index (χ1) is 12.9. The standard InChI is InChI=1S/C23H23ClN2O/c1-15(2)23(4)14-20(17-8-6-5-7-9-17)21-16(3)25-26(22(21)27-23)19-12-10-18(24)11-13-19/h5-13,20H,1,14H2,2-4H3/t20-,23+/m1/s1. The predicted molar refractivity (Wildman–Crippen MR) is 110 cm³/mol. The van der Waals surface area contributed by atoms with Gasteiger partial charge in [-0.2, -0.15) is 5.10 Å². The Hall–Kier alpha value is -2.52. The third-order valence-electron chi connectivity index (χ3n) is 5.50. The number of aromatic nitrogens is 2. The van der Waals surface area contributed by atoms with E-state index in [-0.39, 0.29) is 5.92 Å². The van der Waals surface area contributed by atoms with Crippen molar-refractivity contribution in [1.82, 2.24) is 9.78 Å². The van der Waals surface area contributed by atoms with Crippen LogP contribution in [0.4, 0.5) is 0 Å². The normalized spacial score (nSPS) is 21.4. The van der Waals surface area contributed by atoms with Crippen LogP contribution in [0.3, 0.4) is 0 Å². The molecule has 0 saturated heterocycles. The molecule has 1 aliphatic heterocycles. The minimum Gasteiger partial charge on any atom is -0.466 e. The molecule has 2 atom stereocenters. The van der Waals surface area contributed by atoms with Crippen molar-refractivity contribution in [2.24, 2.45) is 0 Å². The topological polar surface area (TPSA) is 27.1 Å². The van der Waals surface area contributed by atoms with Crippen molar-refractivity contribution >= 4 is 11.6 Å². The summed E-state index contributed by atoms with van der Waals surface area (Å²) in [4.78, 5) is 0. The monoisotopic (exact) mass is 378 g/mol. The first-order valence-electron chi connectivity index (χ1n) is 9.14. The highest BCUT2D eigenvalue weighted by Crippen LogP contribution is 2.48. The van der Waals surface area contributed by atoms with Gasteiger partial charge in [-0.25, -0.2) is 4.68 Å². The average Bonchev–Trinajstić information content (AvgIpc) is 2.98. The van der Waals surface area contributed by atoms with Crippen LogP contribution in [0.1, 0.15) is 43.0 Å². The van der Waals surface area contributed by atoms with Gasteiger partial charge in [-0.15, -0.1) is 0 Å². The Bertz CT molecular complexity index is 991. The molecule has 0 aliphatic carbocycles. The molecular weight excluding hydrogens is 356 g/mol. The van der Waals surface area contributed by atoms with Crippen LogP contribution in [-0.4, -0.2) is 15.4 Å². The largest absolute Gasteiger partial charge is 0.466 e. The van der Waals surface area contributed by atoms with Crippen LogP contribution >= 0.6 is 11.6 Å². The lowest BCUT2D eigenvalue weighted by Gasteiger charge is -2.39. The summed E-state index contributed by atoms with van der Waals surface area (Å²) in [6, 6.07) is 18.2. The second kappa shape index (κ2) is 6.58. The zero-order valence-corrected chi connectivity index (χ0v) is 16.6. The van der Waals surface area contributed by atoms with Crippen molar-refractivity contribution in [1.29, 1.82) is 0 Å². The Balaban J connectivity index is 1.92. The SMILES string of the molecule is C=C(C)[C@]1(C)C[C@H](c2ccccc2)c2c(C)nn(-c3ccc(Cl)cc3)c2O1. The van der Waals surface area contributed by atoms with E-state index in [2.05, 4.69) is 37.8 Å². The molecule has 0 unspecified atom stereocenters. The molecule has 4 rings (SSSR count). The summed E-state index contributed by atoms with van der Waals surface area (Å²) in [7, 11) is 0. The molecule has 0 fully saturated rings. The predicted octanol–water partition coefficient (Wildman–Crippen LogP) is 6.08. The van der Waals surface area contributed by atoms with Crippen LogP contribution in [0.2, 0.25) is 5.02 Å². The van der Waals surface area contributed by atoms with Crippen LogP contribution in [0, 0.1) is 6.92 Å². The zero-order valence-electron chi connectivity index (χ0n) is 15.9. The molecule has 0 bridgehead atoms. The Labute approximate surface area is 165 Å². The minimum absolute atomic E-state index is 0.206. The lowest BCUT2D eigenvalue weighted by atomic mass is 9.77. The van der Waals surface area contributed by atoms with Crippen molar-refractivity contribution in [2.75, 3.05) is 0 Å². The van der Waals surface area contributed by atoms with E-state index in [1.165, 1.54) is 5.56 Å².